The Balaban J connectivity index is 2.41. The normalized spacial score (nSPS) is 10.7. The third kappa shape index (κ3) is 1.96. The molecule has 0 saturated carbocycles. The van der Waals surface area contributed by atoms with E-state index in [0.29, 0.717) is 20.3 Å². The molecule has 0 amide bonds. The summed E-state index contributed by atoms with van der Waals surface area (Å²) in [4.78, 5) is 3.03. The Kier molecular flexibility index (Phi) is 3.16. The Labute approximate surface area is 127 Å². The smallest absolute Gasteiger partial charge is 0.182 e. The molecule has 0 saturated heterocycles. The molecule has 3 rings (SSSR count). The number of aromatic nitrogens is 2. The van der Waals surface area contributed by atoms with Crippen LogP contribution in [-0.4, -0.2) is 9.55 Å². The zero-order valence-electron chi connectivity index (χ0n) is 10.0. The summed E-state index contributed by atoms with van der Waals surface area (Å²) in [6, 6.07) is 11.9. The number of halogens is 2. The summed E-state index contributed by atoms with van der Waals surface area (Å²) in [6.07, 6.45) is 0. The molecule has 1 N–H and O–H groups in total. The van der Waals surface area contributed by atoms with Crippen LogP contribution in [-0.2, 0) is 0 Å². The van der Waals surface area contributed by atoms with Crippen molar-refractivity contribution >= 4 is 39.2 Å². The Morgan fingerprint density at radius 1 is 1.30 bits per heavy atom. The van der Waals surface area contributed by atoms with Gasteiger partial charge in [0.05, 0.1) is 22.3 Å². The summed E-state index contributed by atoms with van der Waals surface area (Å²) < 4.78 is 16.0. The monoisotopic (exact) mass is 347 g/mol. The van der Waals surface area contributed by atoms with E-state index in [4.69, 9.17) is 17.5 Å². The molecule has 0 fully saturated rings. The molecule has 0 radical (unpaired) electrons. The molecule has 98 valence electrons. The van der Waals surface area contributed by atoms with Crippen molar-refractivity contribution in [3.05, 3.63) is 57.0 Å². The van der Waals surface area contributed by atoms with Crippen molar-refractivity contribution in [2.45, 2.75) is 0 Å². The van der Waals surface area contributed by atoms with Crippen LogP contribution < -0.4 is 0 Å². The van der Waals surface area contributed by atoms with Crippen molar-refractivity contribution < 1.29 is 4.39 Å². The van der Waals surface area contributed by atoms with Crippen molar-refractivity contribution in [3.63, 3.8) is 0 Å². The van der Waals surface area contributed by atoms with E-state index in [0.717, 1.165) is 11.2 Å². The number of benzene rings is 2. The summed E-state index contributed by atoms with van der Waals surface area (Å²) in [5, 5.41) is 9.13. The molecule has 0 spiro atoms. The first-order chi connectivity index (χ1) is 9.61. The second-order valence-electron chi connectivity index (χ2n) is 4.17. The minimum atomic E-state index is -0.329. The zero-order chi connectivity index (χ0) is 14.3. The molecule has 0 unspecified atom stereocenters. The van der Waals surface area contributed by atoms with Gasteiger partial charge in [0.1, 0.15) is 11.9 Å². The van der Waals surface area contributed by atoms with Crippen LogP contribution in [0.1, 0.15) is 5.56 Å². The fraction of sp³-hybridized carbons (Fsp3) is 0. The Morgan fingerprint density at radius 2 is 2.10 bits per heavy atom. The summed E-state index contributed by atoms with van der Waals surface area (Å²) in [5.41, 5.74) is 2.70. The maximum absolute atomic E-state index is 13.2. The highest BCUT2D eigenvalue weighted by atomic mass is 79.9. The predicted molar refractivity (Wildman–Crippen MR) is 80.8 cm³/mol. The number of rotatable bonds is 1. The van der Waals surface area contributed by atoms with E-state index in [1.807, 2.05) is 6.07 Å². The van der Waals surface area contributed by atoms with Crippen molar-refractivity contribution in [3.8, 4) is 11.8 Å². The first-order valence-electron chi connectivity index (χ1n) is 5.71. The van der Waals surface area contributed by atoms with Gasteiger partial charge in [-0.05, 0) is 58.5 Å². The molecule has 3 nitrogen and oxygen atoms in total. The maximum atomic E-state index is 13.2. The molecule has 20 heavy (non-hydrogen) atoms. The fourth-order valence-corrected chi connectivity index (χ4v) is 2.95. The topological polar surface area (TPSA) is 44.5 Å². The third-order valence-corrected chi connectivity index (χ3v) is 3.91. The highest BCUT2D eigenvalue weighted by Gasteiger charge is 2.12. The van der Waals surface area contributed by atoms with Crippen molar-refractivity contribution in [2.24, 2.45) is 0 Å². The first kappa shape index (κ1) is 13.0. The fourth-order valence-electron chi connectivity index (χ4n) is 2.13. The van der Waals surface area contributed by atoms with Crippen molar-refractivity contribution in [1.29, 1.82) is 5.26 Å². The van der Waals surface area contributed by atoms with Crippen LogP contribution in [0, 0.1) is 21.9 Å². The number of para-hydroxylation sites is 1. The lowest BCUT2D eigenvalue weighted by molar-refractivity contribution is 0.626. The summed E-state index contributed by atoms with van der Waals surface area (Å²) in [6.45, 7) is 0. The average molecular weight is 348 g/mol. The van der Waals surface area contributed by atoms with E-state index in [1.54, 1.807) is 22.8 Å². The number of fused-ring (bicyclic) bond motifs is 1. The van der Waals surface area contributed by atoms with Gasteiger partial charge in [-0.15, -0.1) is 0 Å². The van der Waals surface area contributed by atoms with Crippen LogP contribution in [0.4, 0.5) is 4.39 Å². The van der Waals surface area contributed by atoms with Gasteiger partial charge in [-0.25, -0.2) is 4.39 Å². The van der Waals surface area contributed by atoms with Crippen LogP contribution >= 0.6 is 28.1 Å². The minimum Gasteiger partial charge on any atom is -0.329 e. The number of aromatic amines is 1. The second-order valence-corrected chi connectivity index (χ2v) is 5.41. The second kappa shape index (κ2) is 4.85. The molecule has 0 atom stereocenters. The largest absolute Gasteiger partial charge is 0.329 e. The number of nitriles is 1. The number of H-pyrrole nitrogens is 1. The Hall–Kier alpha value is -1.97. The summed E-state index contributed by atoms with van der Waals surface area (Å²) in [5.74, 6) is -0.329. The molecule has 0 bridgehead atoms. The van der Waals surface area contributed by atoms with E-state index in [-0.39, 0.29) is 5.82 Å². The molecular weight excluding hydrogens is 341 g/mol. The number of hydrogen-bond acceptors (Lipinski definition) is 2. The quantitative estimate of drug-likeness (QED) is 0.660. The highest BCUT2D eigenvalue weighted by Crippen LogP contribution is 2.27. The third-order valence-electron chi connectivity index (χ3n) is 2.99. The molecule has 0 aliphatic carbocycles. The number of hydrogen-bond donors (Lipinski definition) is 1. The van der Waals surface area contributed by atoms with E-state index >= 15 is 0 Å². The zero-order valence-corrected chi connectivity index (χ0v) is 12.4. The molecule has 2 aromatic carbocycles. The van der Waals surface area contributed by atoms with E-state index < -0.39 is 0 Å². The molecule has 0 aliphatic heterocycles. The predicted octanol–water partition coefficient (Wildman–Crippen LogP) is 4.46. The highest BCUT2D eigenvalue weighted by molar-refractivity contribution is 9.10. The Morgan fingerprint density at radius 3 is 2.80 bits per heavy atom. The van der Waals surface area contributed by atoms with E-state index in [9.17, 15) is 4.39 Å². The molecular formula is C14H7BrFN3S. The van der Waals surface area contributed by atoms with Gasteiger partial charge in [0, 0.05) is 4.47 Å². The van der Waals surface area contributed by atoms with Gasteiger partial charge in [-0.3, -0.25) is 4.57 Å². The number of imidazole rings is 1. The maximum Gasteiger partial charge on any atom is 0.182 e. The molecule has 1 aromatic heterocycles. The lowest BCUT2D eigenvalue weighted by Gasteiger charge is -2.07. The van der Waals surface area contributed by atoms with E-state index in [1.165, 1.54) is 12.1 Å². The van der Waals surface area contributed by atoms with Gasteiger partial charge >= 0.3 is 0 Å². The summed E-state index contributed by atoms with van der Waals surface area (Å²) >= 11 is 8.66. The van der Waals surface area contributed by atoms with Gasteiger partial charge < -0.3 is 4.98 Å². The van der Waals surface area contributed by atoms with Gasteiger partial charge in [0.15, 0.2) is 4.77 Å². The standard InChI is InChI=1S/C14H7BrFN3S/c15-10-6-9(16)4-5-11(10)19-12-3-1-2-8(7-17)13(12)18-14(19)20/h1-6H,(H,18,20). The van der Waals surface area contributed by atoms with Gasteiger partial charge in [0.25, 0.3) is 0 Å². The minimum absolute atomic E-state index is 0.329. The van der Waals surface area contributed by atoms with Gasteiger partial charge in [0.2, 0.25) is 0 Å². The number of nitrogens with one attached hydrogen (secondary N) is 1. The lowest BCUT2D eigenvalue weighted by atomic mass is 10.2. The molecule has 6 heteroatoms. The van der Waals surface area contributed by atoms with Crippen LogP contribution in [0.15, 0.2) is 40.9 Å². The molecule has 1 heterocycles. The number of nitrogens with zero attached hydrogens (tertiary/aromatic N) is 2. The average Bonchev–Trinajstić information content (AvgIpc) is 2.75. The lowest BCUT2D eigenvalue weighted by Crippen LogP contribution is -1.95. The van der Waals surface area contributed by atoms with Crippen LogP contribution in [0.25, 0.3) is 16.7 Å². The molecule has 0 aliphatic rings. The van der Waals surface area contributed by atoms with Crippen molar-refractivity contribution in [1.82, 2.24) is 9.55 Å². The van der Waals surface area contributed by atoms with Crippen LogP contribution in [0.5, 0.6) is 0 Å². The van der Waals surface area contributed by atoms with Crippen LogP contribution in [0.3, 0.4) is 0 Å². The van der Waals surface area contributed by atoms with Gasteiger partial charge in [-0.2, -0.15) is 5.26 Å². The van der Waals surface area contributed by atoms with Crippen LogP contribution in [0.2, 0.25) is 0 Å². The van der Waals surface area contributed by atoms with Crippen molar-refractivity contribution in [2.75, 3.05) is 0 Å². The first-order valence-corrected chi connectivity index (χ1v) is 6.91. The Bertz CT molecular complexity index is 920. The SMILES string of the molecule is N#Cc1cccc2c1[nH]c(=S)n2-c1ccc(F)cc1Br. The van der Waals surface area contributed by atoms with Gasteiger partial charge in [-0.1, -0.05) is 6.07 Å². The van der Waals surface area contributed by atoms with E-state index in [2.05, 4.69) is 27.0 Å². The summed E-state index contributed by atoms with van der Waals surface area (Å²) in [7, 11) is 0. The molecule has 3 aromatic rings.